The molecule has 162 valence electrons. The van der Waals surface area contributed by atoms with Crippen molar-refractivity contribution < 1.29 is 22.7 Å². The van der Waals surface area contributed by atoms with E-state index in [-0.39, 0.29) is 24.1 Å². The molecule has 0 spiro atoms. The molecule has 1 aromatic heterocycles. The van der Waals surface area contributed by atoms with Crippen molar-refractivity contribution in [2.75, 3.05) is 25.0 Å². The highest BCUT2D eigenvalue weighted by molar-refractivity contribution is 7.89. The molecule has 0 radical (unpaired) electrons. The second-order valence-electron chi connectivity index (χ2n) is 7.32. The van der Waals surface area contributed by atoms with E-state index < -0.39 is 16.0 Å². The van der Waals surface area contributed by atoms with Gasteiger partial charge >= 0.3 is 5.97 Å². The Balaban J connectivity index is 1.59. The van der Waals surface area contributed by atoms with Gasteiger partial charge in [-0.3, -0.25) is 4.79 Å². The third kappa shape index (κ3) is 5.25. The van der Waals surface area contributed by atoms with E-state index in [2.05, 4.69) is 17.2 Å². The number of imidazole rings is 1. The number of carbonyl (C=O) groups is 2. The Morgan fingerprint density at radius 3 is 2.50 bits per heavy atom. The minimum absolute atomic E-state index is 0.0522. The summed E-state index contributed by atoms with van der Waals surface area (Å²) in [7, 11) is -3.65. The summed E-state index contributed by atoms with van der Waals surface area (Å²) in [5.41, 5.74) is 0.912. The highest BCUT2D eigenvalue weighted by Gasteiger charge is 2.29. The van der Waals surface area contributed by atoms with E-state index in [1.165, 1.54) is 21.4 Å². The molecular formula is C20H26N4O5S. The number of carbonyl (C=O) groups excluding carboxylic acids is 2. The van der Waals surface area contributed by atoms with Crippen molar-refractivity contribution in [3.63, 3.8) is 0 Å². The van der Waals surface area contributed by atoms with Crippen LogP contribution in [0.3, 0.4) is 0 Å². The Labute approximate surface area is 176 Å². The van der Waals surface area contributed by atoms with E-state index in [1.807, 2.05) is 0 Å². The first-order valence-electron chi connectivity index (χ1n) is 9.88. The van der Waals surface area contributed by atoms with E-state index >= 15 is 0 Å². The van der Waals surface area contributed by atoms with Gasteiger partial charge in [0.05, 0.1) is 18.5 Å². The highest BCUT2D eigenvalue weighted by Crippen LogP contribution is 2.22. The first-order valence-corrected chi connectivity index (χ1v) is 11.3. The van der Waals surface area contributed by atoms with Gasteiger partial charge < -0.3 is 14.6 Å². The van der Waals surface area contributed by atoms with E-state index in [4.69, 9.17) is 4.74 Å². The van der Waals surface area contributed by atoms with Gasteiger partial charge in [-0.2, -0.15) is 4.31 Å². The van der Waals surface area contributed by atoms with E-state index in [9.17, 15) is 18.0 Å². The predicted octanol–water partition coefficient (Wildman–Crippen LogP) is 2.12. The van der Waals surface area contributed by atoms with Gasteiger partial charge in [-0.25, -0.2) is 18.2 Å². The molecule has 1 aliphatic rings. The fourth-order valence-electron chi connectivity index (χ4n) is 3.19. The molecule has 0 atom stereocenters. The first kappa shape index (κ1) is 22.0. The van der Waals surface area contributed by atoms with Gasteiger partial charge in [-0.1, -0.05) is 6.92 Å². The van der Waals surface area contributed by atoms with Crippen molar-refractivity contribution in [1.82, 2.24) is 13.9 Å². The molecule has 2 heterocycles. The van der Waals surface area contributed by atoms with E-state index in [0.717, 1.165) is 12.8 Å². The number of amides is 1. The average molecular weight is 435 g/mol. The Kier molecular flexibility index (Phi) is 6.88. The zero-order valence-corrected chi connectivity index (χ0v) is 17.9. The summed E-state index contributed by atoms with van der Waals surface area (Å²) in [6.45, 7) is 5.02. The van der Waals surface area contributed by atoms with Crippen molar-refractivity contribution >= 4 is 27.6 Å². The number of ether oxygens (including phenoxy) is 1. The zero-order valence-electron chi connectivity index (χ0n) is 17.1. The Hall–Kier alpha value is -2.72. The smallest absolute Gasteiger partial charge is 0.338 e. The van der Waals surface area contributed by atoms with Crippen molar-refractivity contribution in [3.05, 3.63) is 42.4 Å². The Morgan fingerprint density at radius 1 is 1.20 bits per heavy atom. The van der Waals surface area contributed by atoms with E-state index in [0.29, 0.717) is 30.3 Å². The molecule has 1 aliphatic heterocycles. The van der Waals surface area contributed by atoms with Crippen LogP contribution in [0.15, 0.2) is 41.8 Å². The number of aromatic nitrogens is 2. The van der Waals surface area contributed by atoms with Crippen LogP contribution in [0, 0.1) is 5.92 Å². The third-order valence-corrected chi connectivity index (χ3v) is 6.75. The normalized spacial score (nSPS) is 15.7. The van der Waals surface area contributed by atoms with Crippen molar-refractivity contribution in [1.29, 1.82) is 0 Å². The molecule has 0 aliphatic carbocycles. The number of esters is 1. The number of anilines is 1. The molecule has 1 fully saturated rings. The fourth-order valence-corrected chi connectivity index (χ4v) is 4.59. The predicted molar refractivity (Wildman–Crippen MR) is 110 cm³/mol. The van der Waals surface area contributed by atoms with Crippen LogP contribution in [0.25, 0.3) is 0 Å². The lowest BCUT2D eigenvalue weighted by atomic mass is 10.0. The minimum Gasteiger partial charge on any atom is -0.462 e. The standard InChI is InChI=1S/C20H26N4O5S/c1-3-29-20(26)16-4-6-17(7-5-16)22-18(25)12-23-13-19(21-14-23)30(27,28)24-10-8-15(2)9-11-24/h4-7,13-15H,3,8-12H2,1-2H3,(H,22,25). The molecule has 0 saturated carbocycles. The number of benzene rings is 1. The van der Waals surface area contributed by atoms with Gasteiger partial charge in [0.1, 0.15) is 6.54 Å². The molecular weight excluding hydrogens is 408 g/mol. The topological polar surface area (TPSA) is 111 Å². The minimum atomic E-state index is -3.65. The van der Waals surface area contributed by atoms with Crippen LogP contribution < -0.4 is 5.32 Å². The monoisotopic (exact) mass is 434 g/mol. The second-order valence-corrected chi connectivity index (χ2v) is 9.20. The number of hydrogen-bond acceptors (Lipinski definition) is 6. The van der Waals surface area contributed by atoms with Gasteiger partial charge in [0, 0.05) is 25.0 Å². The molecule has 10 heteroatoms. The summed E-state index contributed by atoms with van der Waals surface area (Å²) < 4.78 is 33.3. The van der Waals surface area contributed by atoms with Crippen molar-refractivity contribution in [3.8, 4) is 0 Å². The summed E-state index contributed by atoms with van der Waals surface area (Å²) in [5, 5.41) is 2.65. The number of piperidine rings is 1. The molecule has 30 heavy (non-hydrogen) atoms. The SMILES string of the molecule is CCOC(=O)c1ccc(NC(=O)Cn2cnc(S(=O)(=O)N3CCC(C)CC3)c2)cc1. The maximum Gasteiger partial charge on any atom is 0.338 e. The number of hydrogen-bond donors (Lipinski definition) is 1. The molecule has 2 aromatic rings. The van der Waals surface area contributed by atoms with Crippen LogP contribution in [-0.4, -0.2) is 53.8 Å². The van der Waals surface area contributed by atoms with Crippen LogP contribution in [0.5, 0.6) is 0 Å². The van der Waals surface area contributed by atoms with Crippen LogP contribution in [0.2, 0.25) is 0 Å². The van der Waals surface area contributed by atoms with Crippen LogP contribution >= 0.6 is 0 Å². The van der Waals surface area contributed by atoms with Gasteiger partial charge in [0.2, 0.25) is 5.91 Å². The molecule has 3 rings (SSSR count). The van der Waals surface area contributed by atoms with Gasteiger partial charge in [0.15, 0.2) is 5.03 Å². The summed E-state index contributed by atoms with van der Waals surface area (Å²) in [5.74, 6) is -0.248. The maximum absolute atomic E-state index is 12.7. The average Bonchev–Trinajstić information content (AvgIpc) is 3.18. The van der Waals surface area contributed by atoms with Crippen LogP contribution in [0.1, 0.15) is 37.0 Å². The summed E-state index contributed by atoms with van der Waals surface area (Å²) in [4.78, 5) is 27.9. The Morgan fingerprint density at radius 2 is 1.87 bits per heavy atom. The lowest BCUT2D eigenvalue weighted by molar-refractivity contribution is -0.116. The first-order chi connectivity index (χ1) is 14.3. The third-order valence-electron chi connectivity index (χ3n) is 4.96. The molecule has 9 nitrogen and oxygen atoms in total. The summed E-state index contributed by atoms with van der Waals surface area (Å²) in [6.07, 6.45) is 4.37. The molecule has 1 N–H and O–H groups in total. The number of nitrogens with zero attached hydrogens (tertiary/aromatic N) is 3. The van der Waals surface area contributed by atoms with Crippen LogP contribution in [0.4, 0.5) is 5.69 Å². The molecule has 1 saturated heterocycles. The number of rotatable bonds is 7. The Bertz CT molecular complexity index is 992. The van der Waals surface area contributed by atoms with Gasteiger partial charge in [-0.15, -0.1) is 0 Å². The number of nitrogens with one attached hydrogen (secondary N) is 1. The molecule has 0 unspecified atom stereocenters. The molecule has 1 amide bonds. The van der Waals surface area contributed by atoms with Crippen molar-refractivity contribution in [2.45, 2.75) is 38.3 Å². The van der Waals surface area contributed by atoms with Crippen LogP contribution in [-0.2, 0) is 26.1 Å². The zero-order chi connectivity index (χ0) is 21.7. The quantitative estimate of drug-likeness (QED) is 0.669. The maximum atomic E-state index is 12.7. The van der Waals surface area contributed by atoms with Crippen molar-refractivity contribution in [2.24, 2.45) is 5.92 Å². The summed E-state index contributed by atoms with van der Waals surface area (Å²) >= 11 is 0. The summed E-state index contributed by atoms with van der Waals surface area (Å²) in [6, 6.07) is 6.33. The lowest BCUT2D eigenvalue weighted by Crippen LogP contribution is -2.38. The molecule has 1 aromatic carbocycles. The van der Waals surface area contributed by atoms with Gasteiger partial charge in [-0.05, 0) is 49.9 Å². The molecule has 0 bridgehead atoms. The fraction of sp³-hybridized carbons (Fsp3) is 0.450. The largest absolute Gasteiger partial charge is 0.462 e. The second kappa shape index (κ2) is 9.40. The van der Waals surface area contributed by atoms with Gasteiger partial charge in [0.25, 0.3) is 10.0 Å². The highest BCUT2D eigenvalue weighted by atomic mass is 32.2. The number of sulfonamides is 1. The lowest BCUT2D eigenvalue weighted by Gasteiger charge is -2.28. The van der Waals surface area contributed by atoms with E-state index in [1.54, 1.807) is 31.2 Å².